The van der Waals surface area contributed by atoms with Crippen LogP contribution in [0.5, 0.6) is 0 Å². The molecule has 1 N–H and O–H groups in total. The van der Waals surface area contributed by atoms with Crippen LogP contribution in [0.1, 0.15) is 42.0 Å². The maximum absolute atomic E-state index is 12.4. The topological polar surface area (TPSA) is 54.7 Å². The lowest BCUT2D eigenvalue weighted by Gasteiger charge is -2.43. The highest BCUT2D eigenvalue weighted by Gasteiger charge is 2.40. The van der Waals surface area contributed by atoms with Crippen LogP contribution in [-0.2, 0) is 11.3 Å². The van der Waals surface area contributed by atoms with Gasteiger partial charge in [-0.2, -0.15) is 11.8 Å². The first-order chi connectivity index (χ1) is 11.2. The number of amides is 1. The van der Waals surface area contributed by atoms with Crippen LogP contribution in [0, 0.1) is 0 Å². The van der Waals surface area contributed by atoms with Crippen molar-refractivity contribution in [3.63, 3.8) is 0 Å². The number of hydrogen-bond acceptors (Lipinski definition) is 5. The predicted octanol–water partition coefficient (Wildman–Crippen LogP) is 2.52. The summed E-state index contributed by atoms with van der Waals surface area (Å²) < 4.78 is 10.5. The fraction of sp³-hybridized carbons (Fsp3) is 0.706. The van der Waals surface area contributed by atoms with Gasteiger partial charge in [0, 0.05) is 43.8 Å². The van der Waals surface area contributed by atoms with E-state index in [1.54, 1.807) is 19.2 Å². The first-order valence-electron chi connectivity index (χ1n) is 8.42. The molecule has 5 nitrogen and oxygen atoms in total. The van der Waals surface area contributed by atoms with Crippen molar-refractivity contribution >= 4 is 17.7 Å². The molecule has 1 aliphatic heterocycles. The van der Waals surface area contributed by atoms with E-state index in [4.69, 9.17) is 9.15 Å². The van der Waals surface area contributed by atoms with Crippen LogP contribution in [-0.4, -0.2) is 54.6 Å². The van der Waals surface area contributed by atoms with E-state index < -0.39 is 0 Å². The third-order valence-corrected chi connectivity index (χ3v) is 5.91. The molecular weight excluding hydrogens is 312 g/mol. The number of hydrogen-bond donors (Lipinski definition) is 1. The summed E-state index contributed by atoms with van der Waals surface area (Å²) in [5.41, 5.74) is 0.151. The molecule has 0 aromatic carbocycles. The second-order valence-electron chi connectivity index (χ2n) is 6.41. The highest BCUT2D eigenvalue weighted by molar-refractivity contribution is 7.99. The summed E-state index contributed by atoms with van der Waals surface area (Å²) in [6.07, 6.45) is 4.90. The van der Waals surface area contributed by atoms with Gasteiger partial charge in [-0.3, -0.25) is 9.69 Å². The van der Waals surface area contributed by atoms with Crippen LogP contribution in [0.3, 0.4) is 0 Å². The van der Waals surface area contributed by atoms with Crippen LogP contribution >= 0.6 is 11.8 Å². The third kappa shape index (κ3) is 3.92. The second-order valence-corrected chi connectivity index (χ2v) is 7.64. The van der Waals surface area contributed by atoms with Crippen LogP contribution in [0.15, 0.2) is 16.5 Å². The van der Waals surface area contributed by atoms with Crippen molar-refractivity contribution in [3.05, 3.63) is 23.7 Å². The van der Waals surface area contributed by atoms with Gasteiger partial charge in [-0.15, -0.1) is 0 Å². The van der Waals surface area contributed by atoms with Crippen LogP contribution in [0.4, 0.5) is 0 Å². The highest BCUT2D eigenvalue weighted by atomic mass is 32.2. The number of methoxy groups -OCH3 is 1. The van der Waals surface area contributed by atoms with E-state index in [1.165, 1.54) is 37.2 Å². The lowest BCUT2D eigenvalue weighted by Crippen LogP contribution is -2.56. The quantitative estimate of drug-likeness (QED) is 0.864. The van der Waals surface area contributed by atoms with Gasteiger partial charge < -0.3 is 14.5 Å². The molecule has 2 heterocycles. The van der Waals surface area contributed by atoms with Gasteiger partial charge in [0.15, 0.2) is 5.76 Å². The van der Waals surface area contributed by atoms with E-state index in [0.717, 1.165) is 19.6 Å². The van der Waals surface area contributed by atoms with Crippen molar-refractivity contribution in [1.29, 1.82) is 0 Å². The van der Waals surface area contributed by atoms with Crippen LogP contribution < -0.4 is 5.32 Å². The molecule has 2 fully saturated rings. The van der Waals surface area contributed by atoms with E-state index in [2.05, 4.69) is 10.2 Å². The van der Waals surface area contributed by atoms with Gasteiger partial charge in [0.05, 0.1) is 0 Å². The molecule has 0 atom stereocenters. The largest absolute Gasteiger partial charge is 0.453 e. The fourth-order valence-corrected chi connectivity index (χ4v) is 4.63. The zero-order valence-electron chi connectivity index (χ0n) is 13.8. The Balaban J connectivity index is 1.60. The Morgan fingerprint density at radius 3 is 2.78 bits per heavy atom. The van der Waals surface area contributed by atoms with Crippen LogP contribution in [0.25, 0.3) is 0 Å². The summed E-state index contributed by atoms with van der Waals surface area (Å²) in [5.74, 6) is 3.34. The summed E-state index contributed by atoms with van der Waals surface area (Å²) in [5, 5.41) is 3.11. The summed E-state index contributed by atoms with van der Waals surface area (Å²) in [4.78, 5) is 15.0. The zero-order chi connectivity index (χ0) is 16.1. The molecule has 1 saturated carbocycles. The van der Waals surface area contributed by atoms with Crippen molar-refractivity contribution < 1.29 is 13.9 Å². The number of thioether (sulfide) groups is 1. The average Bonchev–Trinajstić information content (AvgIpc) is 3.24. The Bertz CT molecular complexity index is 520. The zero-order valence-corrected chi connectivity index (χ0v) is 14.6. The summed E-state index contributed by atoms with van der Waals surface area (Å²) in [6.45, 7) is 3.39. The number of ether oxygens (including phenoxy) is 1. The Labute approximate surface area is 142 Å². The lowest BCUT2D eigenvalue weighted by atomic mass is 9.94. The summed E-state index contributed by atoms with van der Waals surface area (Å²) in [6, 6.07) is 3.52. The first-order valence-corrected chi connectivity index (χ1v) is 9.58. The highest BCUT2D eigenvalue weighted by Crippen LogP contribution is 2.36. The molecule has 1 aromatic rings. The minimum atomic E-state index is -0.120. The molecule has 1 aromatic heterocycles. The Kier molecular flexibility index (Phi) is 5.67. The molecule has 128 valence electrons. The molecular formula is C17H26N2O3S. The minimum Gasteiger partial charge on any atom is -0.453 e. The van der Waals surface area contributed by atoms with Gasteiger partial charge >= 0.3 is 0 Å². The maximum atomic E-state index is 12.4. The lowest BCUT2D eigenvalue weighted by molar-refractivity contribution is 0.0791. The van der Waals surface area contributed by atoms with E-state index in [1.807, 2.05) is 11.8 Å². The van der Waals surface area contributed by atoms with E-state index in [-0.39, 0.29) is 11.4 Å². The molecule has 0 spiro atoms. The van der Waals surface area contributed by atoms with Gasteiger partial charge in [0.2, 0.25) is 0 Å². The standard InChI is InChI=1S/C17H26N2O3S/c1-21-12-14-4-5-15(22-14)16(20)18-13-17(6-2-3-7-17)19-8-10-23-11-9-19/h4-5H,2-3,6-13H2,1H3,(H,18,20). The molecule has 0 radical (unpaired) electrons. The second kappa shape index (κ2) is 7.73. The predicted molar refractivity (Wildman–Crippen MR) is 91.9 cm³/mol. The number of nitrogens with one attached hydrogen (secondary N) is 1. The number of carbonyl (C=O) groups is 1. The molecule has 1 saturated heterocycles. The van der Waals surface area contributed by atoms with Gasteiger partial charge in [0.25, 0.3) is 5.91 Å². The van der Waals surface area contributed by atoms with Crippen molar-refractivity contribution in [2.45, 2.75) is 37.8 Å². The van der Waals surface area contributed by atoms with E-state index in [9.17, 15) is 4.79 Å². The summed E-state index contributed by atoms with van der Waals surface area (Å²) >= 11 is 2.03. The Morgan fingerprint density at radius 2 is 2.09 bits per heavy atom. The number of nitrogens with zero attached hydrogens (tertiary/aromatic N) is 1. The van der Waals surface area contributed by atoms with Crippen molar-refractivity contribution in [1.82, 2.24) is 10.2 Å². The molecule has 2 aliphatic rings. The molecule has 3 rings (SSSR count). The van der Waals surface area contributed by atoms with Gasteiger partial charge in [0.1, 0.15) is 12.4 Å². The van der Waals surface area contributed by atoms with Gasteiger partial charge in [-0.05, 0) is 25.0 Å². The SMILES string of the molecule is COCc1ccc(C(=O)NCC2(N3CCSCC3)CCCC2)o1. The summed E-state index contributed by atoms with van der Waals surface area (Å²) in [7, 11) is 1.61. The first kappa shape index (κ1) is 16.9. The van der Waals surface area contributed by atoms with Gasteiger partial charge in [-0.25, -0.2) is 0 Å². The molecule has 1 aliphatic carbocycles. The maximum Gasteiger partial charge on any atom is 0.287 e. The fourth-order valence-electron chi connectivity index (χ4n) is 3.73. The third-order valence-electron chi connectivity index (χ3n) is 4.97. The van der Waals surface area contributed by atoms with Crippen LogP contribution in [0.2, 0.25) is 0 Å². The number of rotatable bonds is 6. The normalized spacial score (nSPS) is 21.4. The Hall–Kier alpha value is -0.980. The average molecular weight is 338 g/mol. The molecule has 6 heteroatoms. The monoisotopic (exact) mass is 338 g/mol. The van der Waals surface area contributed by atoms with Gasteiger partial charge in [-0.1, -0.05) is 12.8 Å². The molecule has 0 unspecified atom stereocenters. The van der Waals surface area contributed by atoms with Crippen molar-refractivity contribution in [2.75, 3.05) is 38.2 Å². The minimum absolute atomic E-state index is 0.120. The molecule has 1 amide bonds. The van der Waals surface area contributed by atoms with E-state index >= 15 is 0 Å². The van der Waals surface area contributed by atoms with Crippen molar-refractivity contribution in [2.24, 2.45) is 0 Å². The smallest absolute Gasteiger partial charge is 0.287 e. The van der Waals surface area contributed by atoms with Crippen molar-refractivity contribution in [3.8, 4) is 0 Å². The number of carbonyl (C=O) groups excluding carboxylic acids is 1. The Morgan fingerprint density at radius 1 is 1.35 bits per heavy atom. The molecule has 0 bridgehead atoms. The van der Waals surface area contributed by atoms with E-state index in [0.29, 0.717) is 18.1 Å². The molecule has 23 heavy (non-hydrogen) atoms. The number of furan rings is 1.